The second kappa shape index (κ2) is 6.85. The van der Waals surface area contributed by atoms with Crippen molar-refractivity contribution in [2.75, 3.05) is 26.7 Å². The fraction of sp³-hybridized carbons (Fsp3) is 0.600. The van der Waals surface area contributed by atoms with Crippen LogP contribution in [0, 0.1) is 15.5 Å². The van der Waals surface area contributed by atoms with Crippen LogP contribution in [0.1, 0.15) is 25.3 Å². The summed E-state index contributed by atoms with van der Waals surface area (Å²) in [6.07, 6.45) is 2.38. The third kappa shape index (κ3) is 4.76. The minimum Gasteiger partial charge on any atom is -0.312 e. The molecule has 0 radical (unpaired) electrons. The summed E-state index contributed by atoms with van der Waals surface area (Å²) in [6.45, 7) is 6.20. The maximum absolute atomic E-state index is 10.9. The Morgan fingerprint density at radius 1 is 1.38 bits per heavy atom. The van der Waals surface area contributed by atoms with E-state index in [2.05, 4.69) is 40.1 Å². The molecule has 0 spiro atoms. The van der Waals surface area contributed by atoms with E-state index >= 15 is 0 Å². The minimum atomic E-state index is -0.355. The molecule has 0 aromatic heterocycles. The van der Waals surface area contributed by atoms with Crippen molar-refractivity contribution in [2.24, 2.45) is 5.41 Å². The number of hydrogen-bond donors (Lipinski definition) is 1. The van der Waals surface area contributed by atoms with Gasteiger partial charge in [0.1, 0.15) is 0 Å². The molecule has 1 heterocycles. The number of nitrogens with one attached hydrogen (secondary N) is 1. The first-order valence-corrected chi connectivity index (χ1v) is 8.00. The van der Waals surface area contributed by atoms with Crippen LogP contribution >= 0.6 is 15.9 Å². The second-order valence-electron chi connectivity index (χ2n) is 6.29. The van der Waals surface area contributed by atoms with Crippen molar-refractivity contribution in [3.8, 4) is 0 Å². The molecule has 1 aromatic carbocycles. The summed E-state index contributed by atoms with van der Waals surface area (Å²) < 4.78 is 0.749. The number of likely N-dealkylation sites (tertiary alicyclic amines) is 1. The Balaban J connectivity index is 1.90. The van der Waals surface area contributed by atoms with Crippen LogP contribution in [-0.2, 0) is 6.54 Å². The van der Waals surface area contributed by atoms with Gasteiger partial charge in [-0.05, 0) is 50.0 Å². The zero-order chi connectivity index (χ0) is 15.5. The van der Waals surface area contributed by atoms with Gasteiger partial charge in [0.2, 0.25) is 0 Å². The molecule has 1 fully saturated rings. The Hall–Kier alpha value is -0.980. The van der Waals surface area contributed by atoms with E-state index in [4.69, 9.17) is 0 Å². The predicted molar refractivity (Wildman–Crippen MR) is 87.3 cm³/mol. The molecular weight excluding hydrogens is 334 g/mol. The first-order chi connectivity index (χ1) is 9.88. The number of rotatable bonds is 5. The highest BCUT2D eigenvalue weighted by Gasteiger charge is 2.28. The third-order valence-corrected chi connectivity index (χ3v) is 4.69. The molecule has 0 saturated carbocycles. The maximum atomic E-state index is 10.9. The van der Waals surface area contributed by atoms with E-state index in [0.29, 0.717) is 12.0 Å². The standard InChI is InChI=1S/C15H22BrN3O2/c1-15(3-5-18(2)6-4-15)11-17-10-12-7-13(16)9-14(8-12)19(20)21/h7-9,17H,3-6,10-11H2,1-2H3. The molecule has 0 atom stereocenters. The molecule has 21 heavy (non-hydrogen) atoms. The van der Waals surface area contributed by atoms with E-state index in [1.165, 1.54) is 18.9 Å². The van der Waals surface area contributed by atoms with Crippen LogP contribution in [0.4, 0.5) is 5.69 Å². The molecule has 1 saturated heterocycles. The average Bonchev–Trinajstić information content (AvgIpc) is 2.42. The maximum Gasteiger partial charge on any atom is 0.270 e. The Labute approximate surface area is 134 Å². The van der Waals surface area contributed by atoms with Gasteiger partial charge in [-0.1, -0.05) is 22.9 Å². The normalized spacial score (nSPS) is 18.6. The molecule has 0 bridgehead atoms. The highest BCUT2D eigenvalue weighted by atomic mass is 79.9. The minimum absolute atomic E-state index is 0.131. The quantitative estimate of drug-likeness (QED) is 0.650. The fourth-order valence-corrected chi connectivity index (χ4v) is 3.21. The summed E-state index contributed by atoms with van der Waals surface area (Å²) in [5.74, 6) is 0. The van der Waals surface area contributed by atoms with E-state index in [9.17, 15) is 10.1 Å². The third-order valence-electron chi connectivity index (χ3n) is 4.23. The summed E-state index contributed by atoms with van der Waals surface area (Å²) >= 11 is 3.33. The first kappa shape index (κ1) is 16.4. The van der Waals surface area contributed by atoms with Crippen molar-refractivity contribution in [3.63, 3.8) is 0 Å². The molecule has 1 aromatic rings. The van der Waals surface area contributed by atoms with Crippen molar-refractivity contribution >= 4 is 21.6 Å². The zero-order valence-electron chi connectivity index (χ0n) is 12.6. The van der Waals surface area contributed by atoms with Crippen molar-refractivity contribution in [3.05, 3.63) is 38.3 Å². The lowest BCUT2D eigenvalue weighted by Gasteiger charge is -2.38. The number of piperidine rings is 1. The molecule has 5 nitrogen and oxygen atoms in total. The molecule has 116 valence electrons. The molecule has 0 aliphatic carbocycles. The molecule has 1 N–H and O–H groups in total. The molecule has 1 aliphatic heterocycles. The lowest BCUT2D eigenvalue weighted by Crippen LogP contribution is -2.41. The average molecular weight is 356 g/mol. The highest BCUT2D eigenvalue weighted by molar-refractivity contribution is 9.10. The summed E-state index contributed by atoms with van der Waals surface area (Å²) in [6, 6.07) is 5.09. The lowest BCUT2D eigenvalue weighted by molar-refractivity contribution is -0.385. The van der Waals surface area contributed by atoms with Crippen LogP contribution in [0.3, 0.4) is 0 Å². The number of nitrogens with zero attached hydrogens (tertiary/aromatic N) is 2. The first-order valence-electron chi connectivity index (χ1n) is 7.21. The molecular formula is C15H22BrN3O2. The molecule has 2 rings (SSSR count). The van der Waals surface area contributed by atoms with Gasteiger partial charge in [-0.2, -0.15) is 0 Å². The van der Waals surface area contributed by atoms with Crippen molar-refractivity contribution in [1.29, 1.82) is 0 Å². The smallest absolute Gasteiger partial charge is 0.270 e. The van der Waals surface area contributed by atoms with Crippen LogP contribution in [0.5, 0.6) is 0 Å². The topological polar surface area (TPSA) is 58.4 Å². The van der Waals surface area contributed by atoms with E-state index in [0.717, 1.165) is 29.7 Å². The molecule has 1 aliphatic rings. The lowest BCUT2D eigenvalue weighted by atomic mass is 9.80. The Morgan fingerprint density at radius 3 is 2.67 bits per heavy atom. The van der Waals surface area contributed by atoms with Gasteiger partial charge in [0.15, 0.2) is 0 Å². The van der Waals surface area contributed by atoms with Gasteiger partial charge in [-0.15, -0.1) is 0 Å². The molecule has 0 unspecified atom stereocenters. The molecule has 6 heteroatoms. The summed E-state index contributed by atoms with van der Waals surface area (Å²) in [5, 5.41) is 14.3. The number of benzene rings is 1. The number of hydrogen-bond acceptors (Lipinski definition) is 4. The number of nitro benzene ring substituents is 1. The van der Waals surface area contributed by atoms with Crippen molar-refractivity contribution in [1.82, 2.24) is 10.2 Å². The van der Waals surface area contributed by atoms with Gasteiger partial charge in [0, 0.05) is 29.7 Å². The van der Waals surface area contributed by atoms with E-state index < -0.39 is 0 Å². The van der Waals surface area contributed by atoms with Gasteiger partial charge >= 0.3 is 0 Å². The SMILES string of the molecule is CN1CCC(C)(CNCc2cc(Br)cc([N+](=O)[O-])c2)CC1. The van der Waals surface area contributed by atoms with Gasteiger partial charge in [-0.25, -0.2) is 0 Å². The second-order valence-corrected chi connectivity index (χ2v) is 7.21. The van der Waals surface area contributed by atoms with Crippen molar-refractivity contribution in [2.45, 2.75) is 26.3 Å². The fourth-order valence-electron chi connectivity index (χ4n) is 2.68. The van der Waals surface area contributed by atoms with E-state index in [1.807, 2.05) is 6.07 Å². The van der Waals surface area contributed by atoms with Crippen LogP contribution < -0.4 is 5.32 Å². The van der Waals surface area contributed by atoms with E-state index in [1.54, 1.807) is 6.07 Å². The van der Waals surface area contributed by atoms with Crippen LogP contribution in [-0.4, -0.2) is 36.5 Å². The van der Waals surface area contributed by atoms with Crippen LogP contribution in [0.2, 0.25) is 0 Å². The van der Waals surface area contributed by atoms with Crippen molar-refractivity contribution < 1.29 is 4.92 Å². The summed E-state index contributed by atoms with van der Waals surface area (Å²) in [7, 11) is 2.16. The highest BCUT2D eigenvalue weighted by Crippen LogP contribution is 2.29. The van der Waals surface area contributed by atoms with Gasteiger partial charge < -0.3 is 10.2 Å². The van der Waals surface area contributed by atoms with E-state index in [-0.39, 0.29) is 10.6 Å². The number of halogens is 1. The largest absolute Gasteiger partial charge is 0.312 e. The number of non-ortho nitro benzene ring substituents is 1. The summed E-state index contributed by atoms with van der Waals surface area (Å²) in [4.78, 5) is 12.9. The Kier molecular flexibility index (Phi) is 5.35. The van der Waals surface area contributed by atoms with Gasteiger partial charge in [-0.3, -0.25) is 10.1 Å². The van der Waals surface area contributed by atoms with Gasteiger partial charge in [0.05, 0.1) is 4.92 Å². The predicted octanol–water partition coefficient (Wildman–Crippen LogP) is 3.18. The Morgan fingerprint density at radius 2 is 2.05 bits per heavy atom. The number of nitro groups is 1. The Bertz CT molecular complexity index is 514. The summed E-state index contributed by atoms with van der Waals surface area (Å²) in [5.41, 5.74) is 1.39. The van der Waals surface area contributed by atoms with Gasteiger partial charge in [0.25, 0.3) is 5.69 Å². The van der Waals surface area contributed by atoms with Crippen LogP contribution in [0.25, 0.3) is 0 Å². The molecule has 0 amide bonds. The van der Waals surface area contributed by atoms with Crippen LogP contribution in [0.15, 0.2) is 22.7 Å². The monoisotopic (exact) mass is 355 g/mol. The zero-order valence-corrected chi connectivity index (χ0v) is 14.1.